The van der Waals surface area contributed by atoms with E-state index in [9.17, 15) is 8.78 Å². The van der Waals surface area contributed by atoms with Crippen LogP contribution in [0.1, 0.15) is 0 Å². The average molecular weight is 130 g/mol. The van der Waals surface area contributed by atoms with E-state index in [2.05, 4.69) is 11.6 Å². The van der Waals surface area contributed by atoms with E-state index in [1.54, 1.807) is 0 Å². The molecule has 0 aliphatic carbocycles. The monoisotopic (exact) mass is 129 g/mol. The standard InChI is InChI=1S/C3H6ClF2N/c1-7-3(6)2(4)5/h2-3,7H,1H3. The van der Waals surface area contributed by atoms with Crippen LogP contribution in [0.3, 0.4) is 0 Å². The number of alkyl halides is 3. The fraction of sp³-hybridized carbons (Fsp3) is 1.00. The molecule has 0 amide bonds. The van der Waals surface area contributed by atoms with E-state index in [1.807, 2.05) is 5.32 Å². The van der Waals surface area contributed by atoms with Gasteiger partial charge in [0.05, 0.1) is 0 Å². The number of nitrogens with one attached hydrogen (secondary N) is 1. The largest absolute Gasteiger partial charge is 0.287 e. The minimum atomic E-state index is -1.94. The lowest BCUT2D eigenvalue weighted by molar-refractivity contribution is 0.200. The van der Waals surface area contributed by atoms with Crippen molar-refractivity contribution in [2.24, 2.45) is 0 Å². The Balaban J connectivity index is 3.14. The van der Waals surface area contributed by atoms with Crippen LogP contribution in [0.5, 0.6) is 0 Å². The molecule has 0 aromatic heterocycles. The zero-order valence-electron chi connectivity index (χ0n) is 3.79. The zero-order chi connectivity index (χ0) is 5.86. The number of rotatable bonds is 2. The van der Waals surface area contributed by atoms with Gasteiger partial charge in [0.15, 0.2) is 6.30 Å². The molecular weight excluding hydrogens is 123 g/mol. The van der Waals surface area contributed by atoms with Gasteiger partial charge in [0.25, 0.3) is 0 Å². The van der Waals surface area contributed by atoms with E-state index in [-0.39, 0.29) is 0 Å². The number of halogens is 3. The second-order valence-corrected chi connectivity index (χ2v) is 1.44. The summed E-state index contributed by atoms with van der Waals surface area (Å²) in [6.07, 6.45) is -1.75. The van der Waals surface area contributed by atoms with Crippen LogP contribution in [0.15, 0.2) is 0 Å². The van der Waals surface area contributed by atoms with Crippen molar-refractivity contribution in [3.05, 3.63) is 0 Å². The van der Waals surface area contributed by atoms with Crippen molar-refractivity contribution in [2.45, 2.75) is 11.9 Å². The van der Waals surface area contributed by atoms with Crippen molar-refractivity contribution in [3.63, 3.8) is 0 Å². The predicted molar refractivity (Wildman–Crippen MR) is 24.7 cm³/mol. The van der Waals surface area contributed by atoms with Crippen LogP contribution in [0.2, 0.25) is 0 Å². The lowest BCUT2D eigenvalue weighted by Crippen LogP contribution is -2.26. The van der Waals surface area contributed by atoms with Gasteiger partial charge in [0.2, 0.25) is 5.63 Å². The minimum absolute atomic E-state index is 1.29. The van der Waals surface area contributed by atoms with E-state index in [0.29, 0.717) is 0 Å². The minimum Gasteiger partial charge on any atom is -0.287 e. The third-order valence-electron chi connectivity index (χ3n) is 0.497. The molecule has 0 aromatic carbocycles. The summed E-state index contributed by atoms with van der Waals surface area (Å²) in [4.78, 5) is 0. The molecule has 0 aliphatic heterocycles. The molecule has 0 saturated heterocycles. The molecule has 0 saturated carbocycles. The van der Waals surface area contributed by atoms with Crippen molar-refractivity contribution in [1.29, 1.82) is 0 Å². The molecule has 2 unspecified atom stereocenters. The first kappa shape index (κ1) is 7.11. The summed E-state index contributed by atoms with van der Waals surface area (Å²) in [6, 6.07) is 0. The maximum Gasteiger partial charge on any atom is 0.217 e. The van der Waals surface area contributed by atoms with Gasteiger partial charge < -0.3 is 0 Å². The van der Waals surface area contributed by atoms with Gasteiger partial charge in [-0.05, 0) is 7.05 Å². The smallest absolute Gasteiger partial charge is 0.217 e. The molecule has 0 rings (SSSR count). The first-order chi connectivity index (χ1) is 3.18. The Kier molecular flexibility index (Phi) is 3.21. The van der Waals surface area contributed by atoms with Gasteiger partial charge in [-0.1, -0.05) is 11.6 Å². The molecule has 2 atom stereocenters. The molecule has 0 aromatic rings. The van der Waals surface area contributed by atoms with Crippen LogP contribution < -0.4 is 5.32 Å². The molecule has 0 bridgehead atoms. The fourth-order valence-electron chi connectivity index (χ4n) is 0.126. The second kappa shape index (κ2) is 3.16. The van der Waals surface area contributed by atoms with E-state index < -0.39 is 11.9 Å². The normalized spacial score (nSPS) is 18.9. The SMILES string of the molecule is CNC(F)C(F)Cl. The zero-order valence-corrected chi connectivity index (χ0v) is 4.54. The van der Waals surface area contributed by atoms with Crippen molar-refractivity contribution in [1.82, 2.24) is 5.32 Å². The highest BCUT2D eigenvalue weighted by Crippen LogP contribution is 2.03. The molecule has 0 spiro atoms. The van der Waals surface area contributed by atoms with Crippen molar-refractivity contribution >= 4 is 11.6 Å². The quantitative estimate of drug-likeness (QED) is 0.434. The Bertz CT molecular complexity index is 50.2. The van der Waals surface area contributed by atoms with Gasteiger partial charge in [-0.25, -0.2) is 8.78 Å². The van der Waals surface area contributed by atoms with Gasteiger partial charge in [-0.15, -0.1) is 0 Å². The van der Waals surface area contributed by atoms with Gasteiger partial charge in [-0.2, -0.15) is 0 Å². The van der Waals surface area contributed by atoms with Crippen LogP contribution in [-0.4, -0.2) is 19.0 Å². The van der Waals surface area contributed by atoms with E-state index >= 15 is 0 Å². The summed E-state index contributed by atoms with van der Waals surface area (Å²) >= 11 is 4.62. The molecule has 0 aliphatic rings. The summed E-state index contributed by atoms with van der Waals surface area (Å²) in [5.41, 5.74) is -1.94. The van der Waals surface area contributed by atoms with Gasteiger partial charge in [0.1, 0.15) is 0 Å². The van der Waals surface area contributed by atoms with Gasteiger partial charge in [-0.3, -0.25) is 5.32 Å². The maximum atomic E-state index is 11.6. The Morgan fingerprint density at radius 2 is 2.00 bits per heavy atom. The van der Waals surface area contributed by atoms with Gasteiger partial charge in [0, 0.05) is 0 Å². The third-order valence-corrected chi connectivity index (χ3v) is 0.718. The Labute approximate surface area is 45.7 Å². The van der Waals surface area contributed by atoms with Crippen LogP contribution in [0, 0.1) is 0 Å². The fourth-order valence-corrected chi connectivity index (χ4v) is 0.252. The highest BCUT2D eigenvalue weighted by Gasteiger charge is 2.12. The maximum absolute atomic E-state index is 11.6. The molecule has 7 heavy (non-hydrogen) atoms. The topological polar surface area (TPSA) is 12.0 Å². The lowest BCUT2D eigenvalue weighted by atomic mass is 10.7. The summed E-state index contributed by atoms with van der Waals surface area (Å²) in [5, 5.41) is 1.99. The van der Waals surface area contributed by atoms with Crippen molar-refractivity contribution < 1.29 is 8.78 Å². The average Bonchev–Trinajstić information content (AvgIpc) is 1.65. The van der Waals surface area contributed by atoms with E-state index in [1.165, 1.54) is 7.05 Å². The summed E-state index contributed by atoms with van der Waals surface area (Å²) in [5.74, 6) is 0. The first-order valence-electron chi connectivity index (χ1n) is 1.78. The molecule has 4 heteroatoms. The molecule has 44 valence electrons. The molecule has 0 radical (unpaired) electrons. The highest BCUT2D eigenvalue weighted by molar-refractivity contribution is 6.19. The third kappa shape index (κ3) is 2.76. The van der Waals surface area contributed by atoms with Crippen molar-refractivity contribution in [3.8, 4) is 0 Å². The van der Waals surface area contributed by atoms with Gasteiger partial charge >= 0.3 is 0 Å². The second-order valence-electron chi connectivity index (χ2n) is 1.02. The Hall–Kier alpha value is 0.110. The molecule has 1 N–H and O–H groups in total. The summed E-state index contributed by atoms with van der Waals surface area (Å²) in [7, 11) is 1.29. The molecule has 1 nitrogen and oxygen atoms in total. The van der Waals surface area contributed by atoms with Crippen LogP contribution >= 0.6 is 11.6 Å². The predicted octanol–water partition coefficient (Wildman–Crippen LogP) is 1.04. The number of hydrogen-bond acceptors (Lipinski definition) is 1. The molecule has 0 heterocycles. The molecule has 0 fully saturated rings. The Morgan fingerprint density at radius 1 is 1.57 bits per heavy atom. The summed E-state index contributed by atoms with van der Waals surface area (Å²) in [6.45, 7) is 0. The highest BCUT2D eigenvalue weighted by atomic mass is 35.5. The van der Waals surface area contributed by atoms with E-state index in [4.69, 9.17) is 0 Å². The first-order valence-corrected chi connectivity index (χ1v) is 2.21. The lowest BCUT2D eigenvalue weighted by Gasteiger charge is -2.02. The van der Waals surface area contributed by atoms with E-state index in [0.717, 1.165) is 0 Å². The Morgan fingerprint density at radius 3 is 2.00 bits per heavy atom. The number of hydrogen-bond donors (Lipinski definition) is 1. The van der Waals surface area contributed by atoms with Crippen LogP contribution in [0.4, 0.5) is 8.78 Å². The summed E-state index contributed by atoms with van der Waals surface area (Å²) < 4.78 is 23.1. The van der Waals surface area contributed by atoms with Crippen LogP contribution in [-0.2, 0) is 0 Å². The van der Waals surface area contributed by atoms with Crippen LogP contribution in [0.25, 0.3) is 0 Å². The molecular formula is C3H6ClF2N. The van der Waals surface area contributed by atoms with Crippen molar-refractivity contribution in [2.75, 3.05) is 7.05 Å².